The molecule has 2 rings (SSSR count). The van der Waals surface area contributed by atoms with Gasteiger partial charge in [0.2, 0.25) is 21.8 Å². The normalized spacial score (nSPS) is 12.3. The van der Waals surface area contributed by atoms with Gasteiger partial charge in [0.25, 0.3) is 0 Å². The molecule has 0 aliphatic carbocycles. The van der Waals surface area contributed by atoms with Crippen molar-refractivity contribution in [1.82, 2.24) is 10.2 Å². The monoisotopic (exact) mass is 493 g/mol. The first-order valence-corrected chi connectivity index (χ1v) is 13.0. The van der Waals surface area contributed by atoms with Crippen LogP contribution in [0.3, 0.4) is 0 Å². The molecular weight excluding hydrogens is 462 g/mol. The molecular formula is C24H32ClN3O4S. The highest BCUT2D eigenvalue weighted by Crippen LogP contribution is 2.22. The predicted octanol–water partition coefficient (Wildman–Crippen LogP) is 3.60. The van der Waals surface area contributed by atoms with Crippen molar-refractivity contribution in [3.05, 3.63) is 64.7 Å². The van der Waals surface area contributed by atoms with Crippen LogP contribution >= 0.6 is 11.6 Å². The van der Waals surface area contributed by atoms with Gasteiger partial charge in [-0.05, 0) is 49.1 Å². The molecule has 33 heavy (non-hydrogen) atoms. The Morgan fingerprint density at radius 2 is 1.73 bits per heavy atom. The number of nitrogens with one attached hydrogen (secondary N) is 1. The molecule has 2 aromatic carbocycles. The number of nitrogens with zero attached hydrogens (tertiary/aromatic N) is 2. The lowest BCUT2D eigenvalue weighted by Gasteiger charge is -2.32. The van der Waals surface area contributed by atoms with Crippen LogP contribution in [0.5, 0.6) is 0 Å². The molecule has 0 bridgehead atoms. The second-order valence-corrected chi connectivity index (χ2v) is 10.9. The maximum absolute atomic E-state index is 13.5. The second kappa shape index (κ2) is 11.5. The van der Waals surface area contributed by atoms with Crippen LogP contribution in [0.2, 0.25) is 5.02 Å². The summed E-state index contributed by atoms with van der Waals surface area (Å²) in [6.07, 6.45) is 1.06. The SMILES string of the molecule is Cc1cccc(N(CC(=O)N(Cc2ccccc2Cl)C(C)C(=O)NCC(C)C)S(C)(=O)=O)c1. The van der Waals surface area contributed by atoms with E-state index >= 15 is 0 Å². The van der Waals surface area contributed by atoms with Crippen LogP contribution in [0.25, 0.3) is 0 Å². The molecule has 0 radical (unpaired) electrons. The van der Waals surface area contributed by atoms with Crippen molar-refractivity contribution in [2.75, 3.05) is 23.7 Å². The number of rotatable bonds is 10. The lowest BCUT2D eigenvalue weighted by molar-refractivity contribution is -0.139. The molecule has 7 nitrogen and oxygen atoms in total. The van der Waals surface area contributed by atoms with E-state index in [1.54, 1.807) is 49.4 Å². The number of anilines is 1. The van der Waals surface area contributed by atoms with Crippen molar-refractivity contribution in [3.8, 4) is 0 Å². The summed E-state index contributed by atoms with van der Waals surface area (Å²) in [6, 6.07) is 13.1. The van der Waals surface area contributed by atoms with Crippen LogP contribution in [0.15, 0.2) is 48.5 Å². The van der Waals surface area contributed by atoms with Crippen molar-refractivity contribution in [1.29, 1.82) is 0 Å². The third-order valence-electron chi connectivity index (χ3n) is 5.12. The zero-order chi connectivity index (χ0) is 24.8. The fourth-order valence-electron chi connectivity index (χ4n) is 3.24. The molecule has 0 fully saturated rings. The first kappa shape index (κ1) is 26.7. The minimum absolute atomic E-state index is 0.0696. The summed E-state index contributed by atoms with van der Waals surface area (Å²) in [5.74, 6) is -0.574. The minimum Gasteiger partial charge on any atom is -0.354 e. The fourth-order valence-corrected chi connectivity index (χ4v) is 4.28. The quantitative estimate of drug-likeness (QED) is 0.547. The number of sulfonamides is 1. The van der Waals surface area contributed by atoms with Gasteiger partial charge in [-0.25, -0.2) is 8.42 Å². The summed E-state index contributed by atoms with van der Waals surface area (Å²) >= 11 is 6.31. The number of amides is 2. The van der Waals surface area contributed by atoms with Gasteiger partial charge < -0.3 is 10.2 Å². The Bertz CT molecular complexity index is 1090. The lowest BCUT2D eigenvalue weighted by Crippen LogP contribution is -2.51. The van der Waals surface area contributed by atoms with Gasteiger partial charge in [-0.2, -0.15) is 0 Å². The van der Waals surface area contributed by atoms with Gasteiger partial charge in [0.15, 0.2) is 0 Å². The molecule has 0 saturated heterocycles. The molecule has 9 heteroatoms. The van der Waals surface area contributed by atoms with Crippen LogP contribution in [0.4, 0.5) is 5.69 Å². The van der Waals surface area contributed by atoms with Crippen molar-refractivity contribution < 1.29 is 18.0 Å². The maximum atomic E-state index is 13.5. The Labute approximate surface area is 201 Å². The van der Waals surface area contributed by atoms with Crippen molar-refractivity contribution in [3.63, 3.8) is 0 Å². The first-order valence-electron chi connectivity index (χ1n) is 10.7. The fraction of sp³-hybridized carbons (Fsp3) is 0.417. The van der Waals surface area contributed by atoms with Crippen molar-refractivity contribution in [2.45, 2.75) is 40.3 Å². The highest BCUT2D eigenvalue weighted by atomic mass is 35.5. The smallest absolute Gasteiger partial charge is 0.244 e. The van der Waals surface area contributed by atoms with E-state index in [9.17, 15) is 18.0 Å². The lowest BCUT2D eigenvalue weighted by atomic mass is 10.1. The summed E-state index contributed by atoms with van der Waals surface area (Å²) in [4.78, 5) is 27.6. The Morgan fingerprint density at radius 1 is 1.06 bits per heavy atom. The third kappa shape index (κ3) is 7.75. The minimum atomic E-state index is -3.75. The number of halogens is 1. The molecule has 0 saturated carbocycles. The van der Waals surface area contributed by atoms with Crippen LogP contribution in [-0.4, -0.2) is 50.5 Å². The highest BCUT2D eigenvalue weighted by molar-refractivity contribution is 7.92. The van der Waals surface area contributed by atoms with Crippen LogP contribution < -0.4 is 9.62 Å². The molecule has 0 aromatic heterocycles. The molecule has 1 N–H and O–H groups in total. The number of carbonyl (C=O) groups is 2. The van der Waals surface area contributed by atoms with E-state index in [1.807, 2.05) is 26.8 Å². The largest absolute Gasteiger partial charge is 0.354 e. The topological polar surface area (TPSA) is 86.8 Å². The van der Waals surface area contributed by atoms with Gasteiger partial charge in [0.1, 0.15) is 12.6 Å². The molecule has 0 spiro atoms. The summed E-state index contributed by atoms with van der Waals surface area (Å²) < 4.78 is 26.2. The molecule has 180 valence electrons. The number of carbonyl (C=O) groups excluding carboxylic acids is 2. The molecule has 0 aliphatic rings. The Balaban J connectivity index is 2.38. The van der Waals surface area contributed by atoms with Crippen LogP contribution in [-0.2, 0) is 26.2 Å². The maximum Gasteiger partial charge on any atom is 0.244 e. The first-order chi connectivity index (χ1) is 15.4. The Morgan fingerprint density at radius 3 is 2.30 bits per heavy atom. The van der Waals surface area contributed by atoms with Crippen molar-refractivity contribution >= 4 is 39.1 Å². The molecule has 2 amide bonds. The second-order valence-electron chi connectivity index (χ2n) is 8.54. The van der Waals surface area contributed by atoms with Crippen molar-refractivity contribution in [2.24, 2.45) is 5.92 Å². The molecule has 1 unspecified atom stereocenters. The average Bonchev–Trinajstić information content (AvgIpc) is 2.73. The van der Waals surface area contributed by atoms with E-state index in [-0.39, 0.29) is 18.4 Å². The predicted molar refractivity (Wildman–Crippen MR) is 133 cm³/mol. The number of hydrogen-bond acceptors (Lipinski definition) is 4. The van der Waals surface area contributed by atoms with E-state index in [0.717, 1.165) is 16.1 Å². The number of hydrogen-bond donors (Lipinski definition) is 1. The van der Waals surface area contributed by atoms with Gasteiger partial charge in [0.05, 0.1) is 11.9 Å². The van der Waals surface area contributed by atoms with Gasteiger partial charge in [-0.3, -0.25) is 13.9 Å². The highest BCUT2D eigenvalue weighted by Gasteiger charge is 2.30. The van der Waals surface area contributed by atoms with Crippen LogP contribution in [0, 0.1) is 12.8 Å². The Hall–Kier alpha value is -2.58. The Kier molecular flexibility index (Phi) is 9.31. The zero-order valence-corrected chi connectivity index (χ0v) is 21.3. The summed E-state index contributed by atoms with van der Waals surface area (Å²) in [7, 11) is -3.75. The number of benzene rings is 2. The van der Waals surface area contributed by atoms with Gasteiger partial charge in [0, 0.05) is 18.1 Å². The zero-order valence-electron chi connectivity index (χ0n) is 19.7. The van der Waals surface area contributed by atoms with E-state index in [4.69, 9.17) is 11.6 Å². The van der Waals surface area contributed by atoms with Gasteiger partial charge >= 0.3 is 0 Å². The van der Waals surface area contributed by atoms with Crippen LogP contribution in [0.1, 0.15) is 31.9 Å². The van der Waals surface area contributed by atoms with E-state index < -0.39 is 28.5 Å². The molecule has 1 atom stereocenters. The average molecular weight is 494 g/mol. The summed E-state index contributed by atoms with van der Waals surface area (Å²) in [5, 5.41) is 3.30. The van der Waals surface area contributed by atoms with E-state index in [2.05, 4.69) is 5.32 Å². The molecule has 0 aliphatic heterocycles. The standard InChI is InChI=1S/C24H32ClN3O4S/c1-17(2)14-26-24(30)19(4)27(15-20-10-6-7-12-22(20)25)23(29)16-28(33(5,31)32)21-11-8-9-18(3)13-21/h6-13,17,19H,14-16H2,1-5H3,(H,26,30). The molecule has 0 heterocycles. The number of aryl methyl sites for hydroxylation is 1. The summed E-state index contributed by atoms with van der Waals surface area (Å²) in [6.45, 7) is 7.52. The van der Waals surface area contributed by atoms with E-state index in [1.165, 1.54) is 4.90 Å². The summed E-state index contributed by atoms with van der Waals surface area (Å²) in [5.41, 5.74) is 1.92. The molecule has 2 aromatic rings. The third-order valence-corrected chi connectivity index (χ3v) is 6.63. The van der Waals surface area contributed by atoms with Gasteiger partial charge in [-0.1, -0.05) is 55.8 Å². The van der Waals surface area contributed by atoms with Gasteiger partial charge in [-0.15, -0.1) is 0 Å². The van der Waals surface area contributed by atoms with E-state index in [0.29, 0.717) is 22.8 Å².